The first kappa shape index (κ1) is 36.5. The number of carbonyl (C=O) groups is 4. The number of carbonyl (C=O) groups excluding carboxylic acids is 4. The van der Waals surface area contributed by atoms with E-state index in [1.54, 1.807) is 27.7 Å². The zero-order chi connectivity index (χ0) is 33.2. The maximum absolute atomic E-state index is 13.7. The van der Waals surface area contributed by atoms with Gasteiger partial charge in [0.2, 0.25) is 0 Å². The monoisotopic (exact) mass is 610 g/mol. The third-order valence-electron chi connectivity index (χ3n) is 7.59. The molecule has 242 valence electrons. The first-order valence-corrected chi connectivity index (χ1v) is 15.5. The van der Waals surface area contributed by atoms with Gasteiger partial charge in [-0.15, -0.1) is 0 Å². The number of ether oxygens (including phenoxy) is 4. The standard InChI is InChI=1S/C36H50O8/c1-11-41-31(37)29(32(38)42-12-2)27(23-15-19-25(20-16-23)35(5,6)7)28(24-17-21-26(22-18-24)36(8,9)10)30(33(39)43-13-3)34(40)44-14-4/h15-22,27-30H,11-14H2,1-10H3/t27-,28-/m0/s1. The molecule has 0 bridgehead atoms. The van der Waals surface area contributed by atoms with E-state index in [4.69, 9.17) is 18.9 Å². The lowest BCUT2D eigenvalue weighted by Gasteiger charge is -2.36. The molecular weight excluding hydrogens is 560 g/mol. The van der Waals surface area contributed by atoms with Crippen molar-refractivity contribution in [2.45, 2.75) is 91.9 Å². The van der Waals surface area contributed by atoms with Gasteiger partial charge >= 0.3 is 23.9 Å². The first-order chi connectivity index (χ1) is 20.6. The summed E-state index contributed by atoms with van der Waals surface area (Å²) in [7, 11) is 0. The highest BCUT2D eigenvalue weighted by atomic mass is 16.6. The summed E-state index contributed by atoms with van der Waals surface area (Å²) in [6, 6.07) is 15.1. The minimum absolute atomic E-state index is 0.0224. The number of rotatable bonds is 13. The smallest absolute Gasteiger partial charge is 0.320 e. The van der Waals surface area contributed by atoms with Crippen molar-refractivity contribution in [3.63, 3.8) is 0 Å². The van der Waals surface area contributed by atoms with Crippen LogP contribution in [0.25, 0.3) is 0 Å². The van der Waals surface area contributed by atoms with Crippen LogP contribution in [-0.2, 0) is 49.0 Å². The van der Waals surface area contributed by atoms with E-state index >= 15 is 0 Å². The molecule has 0 aromatic heterocycles. The molecule has 0 radical (unpaired) electrons. The molecule has 8 heteroatoms. The van der Waals surface area contributed by atoms with Crippen molar-refractivity contribution < 1.29 is 38.1 Å². The molecule has 8 nitrogen and oxygen atoms in total. The van der Waals surface area contributed by atoms with Crippen LogP contribution in [0.15, 0.2) is 48.5 Å². The van der Waals surface area contributed by atoms with Gasteiger partial charge in [-0.25, -0.2) is 0 Å². The Labute approximate surface area is 262 Å². The summed E-state index contributed by atoms with van der Waals surface area (Å²) in [4.78, 5) is 54.7. The van der Waals surface area contributed by atoms with Gasteiger partial charge in [0.05, 0.1) is 26.4 Å². The summed E-state index contributed by atoms with van der Waals surface area (Å²) in [5.74, 6) is -8.32. The molecule has 0 unspecified atom stereocenters. The molecule has 2 aromatic rings. The lowest BCUT2D eigenvalue weighted by atomic mass is 9.67. The molecule has 0 fully saturated rings. The number of esters is 4. The zero-order valence-corrected chi connectivity index (χ0v) is 28.0. The molecule has 0 aliphatic carbocycles. The van der Waals surface area contributed by atoms with Gasteiger partial charge in [-0.1, -0.05) is 90.1 Å². The predicted molar refractivity (Wildman–Crippen MR) is 169 cm³/mol. The molecule has 0 amide bonds. The van der Waals surface area contributed by atoms with Crippen LogP contribution in [-0.4, -0.2) is 50.3 Å². The predicted octanol–water partition coefficient (Wildman–Crippen LogP) is 6.63. The lowest BCUT2D eigenvalue weighted by Crippen LogP contribution is -2.42. The third-order valence-corrected chi connectivity index (χ3v) is 7.59. The third kappa shape index (κ3) is 9.16. The van der Waals surface area contributed by atoms with E-state index in [0.29, 0.717) is 11.1 Å². The molecular formula is C36H50O8. The van der Waals surface area contributed by atoms with Gasteiger partial charge in [0.25, 0.3) is 0 Å². The van der Waals surface area contributed by atoms with E-state index in [0.717, 1.165) is 11.1 Å². The van der Waals surface area contributed by atoms with Crippen molar-refractivity contribution in [1.29, 1.82) is 0 Å². The first-order valence-electron chi connectivity index (χ1n) is 15.5. The molecule has 0 saturated heterocycles. The Hall–Kier alpha value is -3.68. The second-order valence-corrected chi connectivity index (χ2v) is 12.8. The van der Waals surface area contributed by atoms with Crippen molar-refractivity contribution in [3.8, 4) is 0 Å². The Morgan fingerprint density at radius 1 is 0.477 bits per heavy atom. The molecule has 0 N–H and O–H groups in total. The molecule has 0 spiro atoms. The van der Waals surface area contributed by atoms with E-state index in [1.165, 1.54) is 0 Å². The fourth-order valence-electron chi connectivity index (χ4n) is 5.33. The van der Waals surface area contributed by atoms with Crippen LogP contribution >= 0.6 is 0 Å². The van der Waals surface area contributed by atoms with Crippen LogP contribution in [0.2, 0.25) is 0 Å². The van der Waals surface area contributed by atoms with Gasteiger partial charge in [-0.05, 0) is 60.8 Å². The summed E-state index contributed by atoms with van der Waals surface area (Å²) in [5, 5.41) is 0. The Bertz CT molecular complexity index is 1110. The van der Waals surface area contributed by atoms with Crippen LogP contribution in [0.4, 0.5) is 0 Å². The van der Waals surface area contributed by atoms with E-state index < -0.39 is 47.5 Å². The number of benzene rings is 2. The van der Waals surface area contributed by atoms with Crippen LogP contribution < -0.4 is 0 Å². The van der Waals surface area contributed by atoms with Crippen LogP contribution in [0, 0.1) is 11.8 Å². The maximum Gasteiger partial charge on any atom is 0.320 e. The fraction of sp³-hybridized carbons (Fsp3) is 0.556. The molecule has 0 heterocycles. The highest BCUT2D eigenvalue weighted by molar-refractivity contribution is 5.99. The SMILES string of the molecule is CCOC(=O)C(C(=O)OCC)[C@@H](c1ccc(C(C)(C)C)cc1)[C@H](c1ccc(C(C)(C)C)cc1)C(C(=O)OCC)C(=O)OCC. The van der Waals surface area contributed by atoms with Crippen LogP contribution in [0.3, 0.4) is 0 Å². The highest BCUT2D eigenvalue weighted by Crippen LogP contribution is 2.46. The largest absolute Gasteiger partial charge is 0.465 e. The van der Waals surface area contributed by atoms with Crippen molar-refractivity contribution in [2.24, 2.45) is 11.8 Å². The van der Waals surface area contributed by atoms with Gasteiger partial charge < -0.3 is 18.9 Å². The summed E-state index contributed by atoms with van der Waals surface area (Å²) < 4.78 is 21.7. The second-order valence-electron chi connectivity index (χ2n) is 12.8. The lowest BCUT2D eigenvalue weighted by molar-refractivity contribution is -0.169. The van der Waals surface area contributed by atoms with E-state index in [1.807, 2.05) is 48.5 Å². The van der Waals surface area contributed by atoms with Gasteiger partial charge in [-0.2, -0.15) is 0 Å². The van der Waals surface area contributed by atoms with Gasteiger partial charge in [0.15, 0.2) is 11.8 Å². The van der Waals surface area contributed by atoms with Crippen LogP contribution in [0.5, 0.6) is 0 Å². The molecule has 2 rings (SSSR count). The van der Waals surface area contributed by atoms with E-state index in [-0.39, 0.29) is 37.3 Å². The average molecular weight is 611 g/mol. The van der Waals surface area contributed by atoms with E-state index in [9.17, 15) is 19.2 Å². The van der Waals surface area contributed by atoms with Crippen molar-refractivity contribution in [3.05, 3.63) is 70.8 Å². The maximum atomic E-state index is 13.7. The zero-order valence-electron chi connectivity index (χ0n) is 28.0. The number of hydrogen-bond acceptors (Lipinski definition) is 8. The molecule has 2 atom stereocenters. The molecule has 0 aliphatic heterocycles. The Kier molecular flexibility index (Phi) is 13.2. The topological polar surface area (TPSA) is 105 Å². The Morgan fingerprint density at radius 3 is 0.886 bits per heavy atom. The molecule has 0 aliphatic rings. The highest BCUT2D eigenvalue weighted by Gasteiger charge is 2.50. The van der Waals surface area contributed by atoms with Crippen LogP contribution in [0.1, 0.15) is 103 Å². The van der Waals surface area contributed by atoms with Crippen molar-refractivity contribution in [1.82, 2.24) is 0 Å². The quantitative estimate of drug-likeness (QED) is 0.141. The minimum atomic E-state index is -1.49. The summed E-state index contributed by atoms with van der Waals surface area (Å²) >= 11 is 0. The Balaban J connectivity index is 3.05. The van der Waals surface area contributed by atoms with Crippen molar-refractivity contribution >= 4 is 23.9 Å². The fourth-order valence-corrected chi connectivity index (χ4v) is 5.33. The van der Waals surface area contributed by atoms with Gasteiger partial charge in [0.1, 0.15) is 0 Å². The van der Waals surface area contributed by atoms with E-state index in [2.05, 4.69) is 41.5 Å². The van der Waals surface area contributed by atoms with Gasteiger partial charge in [0, 0.05) is 11.8 Å². The molecule has 44 heavy (non-hydrogen) atoms. The summed E-state index contributed by atoms with van der Waals surface area (Å²) in [6.07, 6.45) is 0. The summed E-state index contributed by atoms with van der Waals surface area (Å²) in [5.41, 5.74) is 2.84. The molecule has 0 saturated carbocycles. The second kappa shape index (κ2) is 15.9. The average Bonchev–Trinajstić information content (AvgIpc) is 2.94. The van der Waals surface area contributed by atoms with Gasteiger partial charge in [-0.3, -0.25) is 19.2 Å². The molecule has 2 aromatic carbocycles. The minimum Gasteiger partial charge on any atom is -0.465 e. The van der Waals surface area contributed by atoms with Crippen molar-refractivity contribution in [2.75, 3.05) is 26.4 Å². The summed E-state index contributed by atoms with van der Waals surface area (Å²) in [6.45, 7) is 19.2. The number of hydrogen-bond donors (Lipinski definition) is 0. The normalized spacial score (nSPS) is 13.3. The Morgan fingerprint density at radius 2 is 0.705 bits per heavy atom.